The SMILES string of the molecule is CC(=O)c1cccc(P(c2ccccc2)c2ccccc2)c1C(C)=O. The van der Waals surface area contributed by atoms with Crippen molar-refractivity contribution in [1.29, 1.82) is 0 Å². The molecule has 0 atom stereocenters. The summed E-state index contributed by atoms with van der Waals surface area (Å²) in [4.78, 5) is 24.5. The van der Waals surface area contributed by atoms with E-state index in [-0.39, 0.29) is 11.6 Å². The highest BCUT2D eigenvalue weighted by atomic mass is 31.1. The van der Waals surface area contributed by atoms with Gasteiger partial charge in [-0.15, -0.1) is 0 Å². The molecule has 0 amide bonds. The van der Waals surface area contributed by atoms with E-state index in [1.807, 2.05) is 48.5 Å². The Hall–Kier alpha value is -2.57. The van der Waals surface area contributed by atoms with Crippen LogP contribution in [0.2, 0.25) is 0 Å². The standard InChI is InChI=1S/C22H19O2P/c1-16(23)20-14-9-15-21(22(20)17(2)24)25(18-10-5-3-6-11-18)19-12-7-4-8-13-19/h3-15H,1-2H3. The molecule has 3 aromatic carbocycles. The van der Waals surface area contributed by atoms with Crippen molar-refractivity contribution in [2.75, 3.05) is 0 Å². The lowest BCUT2D eigenvalue weighted by molar-refractivity contribution is 0.0981. The van der Waals surface area contributed by atoms with Gasteiger partial charge in [-0.3, -0.25) is 9.59 Å². The first kappa shape index (κ1) is 17.3. The fourth-order valence-corrected chi connectivity index (χ4v) is 5.50. The van der Waals surface area contributed by atoms with Crippen LogP contribution in [0, 0.1) is 0 Å². The van der Waals surface area contributed by atoms with Gasteiger partial charge >= 0.3 is 0 Å². The third-order valence-corrected chi connectivity index (χ3v) is 6.53. The van der Waals surface area contributed by atoms with Crippen LogP contribution >= 0.6 is 7.92 Å². The predicted octanol–water partition coefficient (Wildman–Crippen LogP) is 3.85. The minimum atomic E-state index is -0.913. The highest BCUT2D eigenvalue weighted by molar-refractivity contribution is 7.80. The second-order valence-electron chi connectivity index (χ2n) is 5.82. The molecule has 0 unspecified atom stereocenters. The molecule has 0 aromatic heterocycles. The van der Waals surface area contributed by atoms with Gasteiger partial charge in [0.1, 0.15) is 0 Å². The third-order valence-electron chi connectivity index (χ3n) is 4.04. The van der Waals surface area contributed by atoms with Gasteiger partial charge in [0.25, 0.3) is 0 Å². The first-order valence-corrected chi connectivity index (χ1v) is 9.49. The van der Waals surface area contributed by atoms with Gasteiger partial charge in [0.05, 0.1) is 0 Å². The largest absolute Gasteiger partial charge is 0.294 e. The molecule has 0 saturated heterocycles. The Labute approximate surface area is 149 Å². The molecule has 3 heteroatoms. The molecule has 0 radical (unpaired) electrons. The topological polar surface area (TPSA) is 34.1 Å². The third kappa shape index (κ3) is 3.60. The Bertz CT molecular complexity index is 862. The van der Waals surface area contributed by atoms with Gasteiger partial charge in [0.2, 0.25) is 0 Å². The van der Waals surface area contributed by atoms with E-state index in [4.69, 9.17) is 0 Å². The number of carbonyl (C=O) groups is 2. The van der Waals surface area contributed by atoms with Gasteiger partial charge in [-0.2, -0.15) is 0 Å². The number of carbonyl (C=O) groups excluding carboxylic acids is 2. The summed E-state index contributed by atoms with van der Waals surface area (Å²) in [6.45, 7) is 3.05. The zero-order valence-electron chi connectivity index (χ0n) is 14.3. The van der Waals surface area contributed by atoms with Crippen molar-refractivity contribution in [3.8, 4) is 0 Å². The molecule has 0 saturated carbocycles. The maximum atomic E-state index is 12.4. The second kappa shape index (κ2) is 7.55. The van der Waals surface area contributed by atoms with Gasteiger partial charge < -0.3 is 0 Å². The van der Waals surface area contributed by atoms with Gasteiger partial charge in [0, 0.05) is 11.1 Å². The number of ketones is 2. The lowest BCUT2D eigenvalue weighted by Crippen LogP contribution is -2.26. The van der Waals surface area contributed by atoms with Crippen LogP contribution in [0.15, 0.2) is 78.9 Å². The van der Waals surface area contributed by atoms with Gasteiger partial charge in [0.15, 0.2) is 11.6 Å². The van der Waals surface area contributed by atoms with Crippen molar-refractivity contribution in [1.82, 2.24) is 0 Å². The molecule has 0 spiro atoms. The Kier molecular flexibility index (Phi) is 5.21. The number of hydrogen-bond acceptors (Lipinski definition) is 2. The molecule has 0 aliphatic heterocycles. The fraction of sp³-hybridized carbons (Fsp3) is 0.0909. The van der Waals surface area contributed by atoms with E-state index in [2.05, 4.69) is 24.3 Å². The molecule has 0 bridgehead atoms. The van der Waals surface area contributed by atoms with E-state index in [0.29, 0.717) is 11.1 Å². The molecule has 0 aliphatic rings. The number of benzene rings is 3. The monoisotopic (exact) mass is 346 g/mol. The Morgan fingerprint density at radius 3 is 1.60 bits per heavy atom. The van der Waals surface area contributed by atoms with Crippen LogP contribution in [0.25, 0.3) is 0 Å². The summed E-state index contributed by atoms with van der Waals surface area (Å²) in [5.74, 6) is -0.150. The summed E-state index contributed by atoms with van der Waals surface area (Å²) in [7, 11) is -0.913. The summed E-state index contributed by atoms with van der Waals surface area (Å²) in [6, 6.07) is 26.0. The Morgan fingerprint density at radius 1 is 0.640 bits per heavy atom. The van der Waals surface area contributed by atoms with Crippen molar-refractivity contribution in [3.05, 3.63) is 90.0 Å². The summed E-state index contributed by atoms with van der Waals surface area (Å²) < 4.78 is 0. The van der Waals surface area contributed by atoms with E-state index >= 15 is 0 Å². The van der Waals surface area contributed by atoms with Crippen LogP contribution in [-0.2, 0) is 0 Å². The van der Waals surface area contributed by atoms with Crippen LogP contribution in [0.4, 0.5) is 0 Å². The average molecular weight is 346 g/mol. The summed E-state index contributed by atoms with van der Waals surface area (Å²) >= 11 is 0. The number of hydrogen-bond donors (Lipinski definition) is 0. The summed E-state index contributed by atoms with van der Waals surface area (Å²) in [6.07, 6.45) is 0. The van der Waals surface area contributed by atoms with Crippen molar-refractivity contribution >= 4 is 35.4 Å². The maximum absolute atomic E-state index is 12.4. The molecule has 25 heavy (non-hydrogen) atoms. The molecule has 0 heterocycles. The normalized spacial score (nSPS) is 10.7. The van der Waals surface area contributed by atoms with Crippen LogP contribution < -0.4 is 15.9 Å². The molecule has 0 fully saturated rings. The zero-order chi connectivity index (χ0) is 17.8. The molecule has 0 N–H and O–H groups in total. The summed E-state index contributed by atoms with van der Waals surface area (Å²) in [5.41, 5.74) is 1.05. The van der Waals surface area contributed by atoms with E-state index in [1.54, 1.807) is 6.07 Å². The van der Waals surface area contributed by atoms with Gasteiger partial charge in [-0.05, 0) is 37.7 Å². The average Bonchev–Trinajstić information content (AvgIpc) is 2.63. The predicted molar refractivity (Wildman–Crippen MR) is 105 cm³/mol. The van der Waals surface area contributed by atoms with E-state index in [0.717, 1.165) is 15.9 Å². The van der Waals surface area contributed by atoms with Gasteiger partial charge in [-0.1, -0.05) is 78.9 Å². The lowest BCUT2D eigenvalue weighted by Gasteiger charge is -2.22. The summed E-state index contributed by atoms with van der Waals surface area (Å²) in [5, 5.41) is 3.26. The minimum absolute atomic E-state index is 0.0693. The molecule has 2 nitrogen and oxygen atoms in total. The quantitative estimate of drug-likeness (QED) is 0.519. The Morgan fingerprint density at radius 2 is 1.16 bits per heavy atom. The van der Waals surface area contributed by atoms with Crippen LogP contribution in [0.3, 0.4) is 0 Å². The van der Waals surface area contributed by atoms with Crippen molar-refractivity contribution in [2.45, 2.75) is 13.8 Å². The Balaban J connectivity index is 2.30. The smallest absolute Gasteiger partial charge is 0.161 e. The molecule has 3 rings (SSSR count). The first-order chi connectivity index (χ1) is 12.1. The number of Topliss-reactive ketones (excluding diaryl/α,β-unsaturated/α-hetero) is 2. The highest BCUT2D eigenvalue weighted by Crippen LogP contribution is 2.35. The molecule has 0 aliphatic carbocycles. The highest BCUT2D eigenvalue weighted by Gasteiger charge is 2.24. The first-order valence-electron chi connectivity index (χ1n) is 8.14. The fourth-order valence-electron chi connectivity index (χ4n) is 2.97. The van der Waals surface area contributed by atoms with Crippen molar-refractivity contribution in [2.24, 2.45) is 0 Å². The lowest BCUT2D eigenvalue weighted by atomic mass is 10.0. The molecule has 124 valence electrons. The van der Waals surface area contributed by atoms with E-state index in [1.165, 1.54) is 13.8 Å². The molecule has 3 aromatic rings. The van der Waals surface area contributed by atoms with Crippen molar-refractivity contribution < 1.29 is 9.59 Å². The molecular weight excluding hydrogens is 327 g/mol. The minimum Gasteiger partial charge on any atom is -0.294 e. The van der Waals surface area contributed by atoms with Crippen LogP contribution in [-0.4, -0.2) is 11.6 Å². The second-order valence-corrected chi connectivity index (χ2v) is 8.00. The zero-order valence-corrected chi connectivity index (χ0v) is 15.2. The van der Waals surface area contributed by atoms with Crippen LogP contribution in [0.5, 0.6) is 0 Å². The molecular formula is C22H19O2P. The van der Waals surface area contributed by atoms with Crippen LogP contribution in [0.1, 0.15) is 34.6 Å². The van der Waals surface area contributed by atoms with E-state index < -0.39 is 7.92 Å². The maximum Gasteiger partial charge on any atom is 0.161 e. The number of rotatable bonds is 5. The van der Waals surface area contributed by atoms with Crippen molar-refractivity contribution in [3.63, 3.8) is 0 Å². The van der Waals surface area contributed by atoms with E-state index in [9.17, 15) is 9.59 Å². The van der Waals surface area contributed by atoms with Gasteiger partial charge in [-0.25, -0.2) is 0 Å².